The van der Waals surface area contributed by atoms with E-state index in [1.54, 1.807) is 0 Å². The molecule has 114 valence electrons. The molecule has 2 aromatic rings. The number of primary amides is 1. The molecule has 1 aromatic heterocycles. The second-order valence-corrected chi connectivity index (χ2v) is 5.58. The molecular weight excluding hydrogens is 278 g/mol. The van der Waals surface area contributed by atoms with Crippen LogP contribution >= 0.6 is 0 Å². The molecule has 22 heavy (non-hydrogen) atoms. The zero-order chi connectivity index (χ0) is 15.5. The largest absolute Gasteiger partial charge is 0.369 e. The molecule has 0 bridgehead atoms. The number of hydrogen-bond donors (Lipinski definition) is 1. The third-order valence-electron chi connectivity index (χ3n) is 4.20. The molecule has 2 amide bonds. The van der Waals surface area contributed by atoms with Crippen LogP contribution in [0.3, 0.4) is 0 Å². The highest BCUT2D eigenvalue weighted by Gasteiger charge is 2.27. The van der Waals surface area contributed by atoms with E-state index in [1.165, 1.54) is 0 Å². The third kappa shape index (κ3) is 2.74. The van der Waals surface area contributed by atoms with E-state index in [0.29, 0.717) is 31.5 Å². The van der Waals surface area contributed by atoms with Crippen molar-refractivity contribution in [2.75, 3.05) is 13.1 Å². The number of nitrogens with two attached hydrogens (primary N) is 1. The van der Waals surface area contributed by atoms with Crippen LogP contribution in [0.1, 0.15) is 23.2 Å². The normalized spacial score (nSPS) is 15.7. The summed E-state index contributed by atoms with van der Waals surface area (Å²) in [5.41, 5.74) is 6.89. The molecule has 0 saturated carbocycles. The number of aromatic nitrogens is 1. The van der Waals surface area contributed by atoms with Gasteiger partial charge in [0.15, 0.2) is 0 Å². The Morgan fingerprint density at radius 3 is 2.27 bits per heavy atom. The van der Waals surface area contributed by atoms with E-state index >= 15 is 0 Å². The quantitative estimate of drug-likeness (QED) is 0.939. The van der Waals surface area contributed by atoms with E-state index in [0.717, 1.165) is 5.69 Å². The van der Waals surface area contributed by atoms with Gasteiger partial charge in [-0.3, -0.25) is 9.59 Å². The third-order valence-corrected chi connectivity index (χ3v) is 4.20. The molecule has 1 fully saturated rings. The van der Waals surface area contributed by atoms with Gasteiger partial charge < -0.3 is 15.2 Å². The summed E-state index contributed by atoms with van der Waals surface area (Å²) >= 11 is 0. The molecule has 1 aliphatic rings. The lowest BCUT2D eigenvalue weighted by Crippen LogP contribution is -2.42. The van der Waals surface area contributed by atoms with Gasteiger partial charge in [0.2, 0.25) is 5.91 Å². The predicted octanol–water partition coefficient (Wildman–Crippen LogP) is 1.81. The number of rotatable bonds is 3. The molecule has 1 aromatic carbocycles. The van der Waals surface area contributed by atoms with Crippen molar-refractivity contribution in [1.29, 1.82) is 0 Å². The Morgan fingerprint density at radius 1 is 1.00 bits per heavy atom. The number of carbonyl (C=O) groups excluding carboxylic acids is 2. The molecule has 0 atom stereocenters. The van der Waals surface area contributed by atoms with Crippen molar-refractivity contribution in [3.8, 4) is 5.69 Å². The van der Waals surface area contributed by atoms with E-state index in [4.69, 9.17) is 5.73 Å². The van der Waals surface area contributed by atoms with Gasteiger partial charge >= 0.3 is 0 Å². The first kappa shape index (κ1) is 14.4. The highest BCUT2D eigenvalue weighted by molar-refractivity contribution is 5.98. The Kier molecular flexibility index (Phi) is 3.96. The van der Waals surface area contributed by atoms with E-state index in [9.17, 15) is 9.59 Å². The van der Waals surface area contributed by atoms with E-state index in [1.807, 2.05) is 58.3 Å². The van der Waals surface area contributed by atoms with Gasteiger partial charge in [-0.05, 0) is 37.1 Å². The number of carbonyl (C=O) groups is 2. The monoisotopic (exact) mass is 297 g/mol. The van der Waals surface area contributed by atoms with Crippen molar-refractivity contribution < 1.29 is 9.59 Å². The van der Waals surface area contributed by atoms with Gasteiger partial charge in [-0.2, -0.15) is 0 Å². The minimum Gasteiger partial charge on any atom is -0.369 e. The lowest BCUT2D eigenvalue weighted by Gasteiger charge is -2.31. The Morgan fingerprint density at radius 2 is 1.64 bits per heavy atom. The Balaban J connectivity index is 1.81. The number of piperidine rings is 1. The molecule has 1 saturated heterocycles. The number of hydrogen-bond acceptors (Lipinski definition) is 2. The maximum Gasteiger partial charge on any atom is 0.255 e. The predicted molar refractivity (Wildman–Crippen MR) is 83.6 cm³/mol. The van der Waals surface area contributed by atoms with Crippen molar-refractivity contribution in [2.24, 2.45) is 11.7 Å². The molecule has 0 spiro atoms. The van der Waals surface area contributed by atoms with E-state index in [-0.39, 0.29) is 17.7 Å². The highest BCUT2D eigenvalue weighted by atomic mass is 16.2. The van der Waals surface area contributed by atoms with Crippen molar-refractivity contribution in [1.82, 2.24) is 9.47 Å². The molecule has 0 unspecified atom stereocenters. The Labute approximate surface area is 129 Å². The van der Waals surface area contributed by atoms with Crippen LogP contribution in [0, 0.1) is 5.92 Å². The Hall–Kier alpha value is -2.56. The summed E-state index contributed by atoms with van der Waals surface area (Å²) in [5, 5.41) is 0. The highest BCUT2D eigenvalue weighted by Crippen LogP contribution is 2.22. The smallest absolute Gasteiger partial charge is 0.255 e. The van der Waals surface area contributed by atoms with Gasteiger partial charge in [0.25, 0.3) is 5.91 Å². The molecule has 0 aliphatic carbocycles. The van der Waals surface area contributed by atoms with Crippen LogP contribution in [0.2, 0.25) is 0 Å². The molecule has 0 radical (unpaired) electrons. The van der Waals surface area contributed by atoms with E-state index in [2.05, 4.69) is 0 Å². The maximum absolute atomic E-state index is 12.8. The summed E-state index contributed by atoms with van der Waals surface area (Å²) in [5.74, 6) is -0.365. The topological polar surface area (TPSA) is 68.3 Å². The standard InChI is InChI=1S/C17H19N3O2/c18-16(21)13-7-11-20(12-8-13)17(22)14-5-1-2-6-15(14)19-9-3-4-10-19/h1-6,9-10,13H,7-8,11-12H2,(H2,18,21). The van der Waals surface area contributed by atoms with Crippen LogP contribution in [0.25, 0.3) is 5.69 Å². The average molecular weight is 297 g/mol. The summed E-state index contributed by atoms with van der Waals surface area (Å²) < 4.78 is 1.93. The van der Waals surface area contributed by atoms with Crippen LogP contribution in [0.5, 0.6) is 0 Å². The first-order chi connectivity index (χ1) is 10.7. The summed E-state index contributed by atoms with van der Waals surface area (Å²) in [4.78, 5) is 25.8. The molecule has 2 N–H and O–H groups in total. The van der Waals surface area contributed by atoms with Gasteiger partial charge in [0.05, 0.1) is 11.3 Å². The van der Waals surface area contributed by atoms with Crippen molar-refractivity contribution in [3.05, 3.63) is 54.4 Å². The van der Waals surface area contributed by atoms with Crippen LogP contribution in [-0.4, -0.2) is 34.4 Å². The second kappa shape index (κ2) is 6.05. The average Bonchev–Trinajstić information content (AvgIpc) is 3.08. The zero-order valence-electron chi connectivity index (χ0n) is 12.3. The lowest BCUT2D eigenvalue weighted by molar-refractivity contribution is -0.123. The van der Waals surface area contributed by atoms with Crippen LogP contribution in [-0.2, 0) is 4.79 Å². The number of likely N-dealkylation sites (tertiary alicyclic amines) is 1. The fourth-order valence-electron chi connectivity index (χ4n) is 2.91. The zero-order valence-corrected chi connectivity index (χ0v) is 12.3. The van der Waals surface area contributed by atoms with Gasteiger partial charge in [-0.1, -0.05) is 12.1 Å². The van der Waals surface area contributed by atoms with Gasteiger partial charge in [0, 0.05) is 31.4 Å². The molecular formula is C17H19N3O2. The Bertz CT molecular complexity index is 671. The fraction of sp³-hybridized carbons (Fsp3) is 0.294. The first-order valence-corrected chi connectivity index (χ1v) is 7.48. The molecule has 5 heteroatoms. The molecule has 3 rings (SSSR count). The van der Waals surface area contributed by atoms with Crippen LogP contribution in [0.4, 0.5) is 0 Å². The second-order valence-electron chi connectivity index (χ2n) is 5.58. The van der Waals surface area contributed by atoms with Crippen molar-refractivity contribution in [3.63, 3.8) is 0 Å². The minimum absolute atomic E-state index is 0.00669. The van der Waals surface area contributed by atoms with Crippen LogP contribution < -0.4 is 5.73 Å². The van der Waals surface area contributed by atoms with Gasteiger partial charge in [-0.15, -0.1) is 0 Å². The van der Waals surface area contributed by atoms with E-state index < -0.39 is 0 Å². The first-order valence-electron chi connectivity index (χ1n) is 7.48. The van der Waals surface area contributed by atoms with Gasteiger partial charge in [-0.25, -0.2) is 0 Å². The summed E-state index contributed by atoms with van der Waals surface area (Å²) in [6.45, 7) is 1.15. The number of para-hydroxylation sites is 1. The van der Waals surface area contributed by atoms with Crippen molar-refractivity contribution >= 4 is 11.8 Å². The number of benzene rings is 1. The molecule has 2 heterocycles. The van der Waals surface area contributed by atoms with Crippen LogP contribution in [0.15, 0.2) is 48.8 Å². The molecule has 5 nitrogen and oxygen atoms in total. The fourth-order valence-corrected chi connectivity index (χ4v) is 2.91. The minimum atomic E-state index is -0.264. The summed E-state index contributed by atoms with van der Waals surface area (Å²) in [6.07, 6.45) is 5.14. The SMILES string of the molecule is NC(=O)C1CCN(C(=O)c2ccccc2-n2cccc2)CC1. The number of nitrogens with zero attached hydrogens (tertiary/aromatic N) is 2. The van der Waals surface area contributed by atoms with Gasteiger partial charge in [0.1, 0.15) is 0 Å². The van der Waals surface area contributed by atoms with Crippen molar-refractivity contribution in [2.45, 2.75) is 12.8 Å². The lowest BCUT2D eigenvalue weighted by atomic mass is 9.95. The summed E-state index contributed by atoms with van der Waals surface area (Å²) in [7, 11) is 0. The maximum atomic E-state index is 12.8. The molecule has 1 aliphatic heterocycles. The summed E-state index contributed by atoms with van der Waals surface area (Å²) in [6, 6.07) is 11.4. The number of amides is 2.